The number of pyridine rings is 1. The van der Waals surface area contributed by atoms with Crippen molar-refractivity contribution in [1.82, 2.24) is 14.7 Å². The van der Waals surface area contributed by atoms with E-state index in [1.165, 1.54) is 0 Å². The third kappa shape index (κ3) is 4.19. The maximum atomic E-state index is 12.5. The standard InChI is InChI=1S/C21H24N4O3/c1-5-25-15(4)8-9-16(21(25)27)20-23-19(28-24-20)11-10-18(26)22-17-12-13(2)6-7-14(17)3/h6-9,12H,5,10-11H2,1-4H3,(H,22,26). The van der Waals surface area contributed by atoms with E-state index in [0.29, 0.717) is 24.4 Å². The first-order valence-corrected chi connectivity index (χ1v) is 9.29. The zero-order valence-electron chi connectivity index (χ0n) is 16.6. The molecular formula is C21H24N4O3. The average Bonchev–Trinajstić information content (AvgIpc) is 3.12. The van der Waals surface area contributed by atoms with Gasteiger partial charge in [0.1, 0.15) is 0 Å². The second-order valence-corrected chi connectivity index (χ2v) is 6.82. The van der Waals surface area contributed by atoms with Gasteiger partial charge in [-0.05, 0) is 57.0 Å². The molecule has 0 atom stereocenters. The number of nitrogens with one attached hydrogen (secondary N) is 1. The van der Waals surface area contributed by atoms with Crippen LogP contribution in [0, 0.1) is 20.8 Å². The summed E-state index contributed by atoms with van der Waals surface area (Å²) in [6.45, 7) is 8.29. The molecule has 1 N–H and O–H groups in total. The summed E-state index contributed by atoms with van der Waals surface area (Å²) >= 11 is 0. The highest BCUT2D eigenvalue weighted by atomic mass is 16.5. The summed E-state index contributed by atoms with van der Waals surface area (Å²) in [5, 5.41) is 6.82. The summed E-state index contributed by atoms with van der Waals surface area (Å²) < 4.78 is 6.89. The fraction of sp³-hybridized carbons (Fsp3) is 0.333. The molecule has 2 aromatic heterocycles. The van der Waals surface area contributed by atoms with Gasteiger partial charge in [-0.2, -0.15) is 4.98 Å². The molecule has 7 nitrogen and oxygen atoms in total. The number of amides is 1. The molecular weight excluding hydrogens is 356 g/mol. The molecule has 28 heavy (non-hydrogen) atoms. The maximum absolute atomic E-state index is 12.5. The largest absolute Gasteiger partial charge is 0.339 e. The van der Waals surface area contributed by atoms with E-state index in [1.807, 2.05) is 52.0 Å². The molecule has 1 amide bonds. The number of hydrogen-bond acceptors (Lipinski definition) is 5. The first-order valence-electron chi connectivity index (χ1n) is 9.29. The van der Waals surface area contributed by atoms with Crippen LogP contribution in [0.1, 0.15) is 36.1 Å². The molecule has 146 valence electrons. The van der Waals surface area contributed by atoms with Crippen LogP contribution < -0.4 is 10.9 Å². The number of rotatable bonds is 6. The lowest BCUT2D eigenvalue weighted by molar-refractivity contribution is -0.116. The lowest BCUT2D eigenvalue weighted by Crippen LogP contribution is -2.23. The van der Waals surface area contributed by atoms with E-state index in [2.05, 4.69) is 15.5 Å². The third-order valence-corrected chi connectivity index (χ3v) is 4.65. The first-order chi connectivity index (χ1) is 13.4. The molecule has 3 rings (SSSR count). The monoisotopic (exact) mass is 380 g/mol. The number of benzene rings is 1. The number of hydrogen-bond donors (Lipinski definition) is 1. The van der Waals surface area contributed by atoms with Gasteiger partial charge in [-0.25, -0.2) is 0 Å². The van der Waals surface area contributed by atoms with Crippen LogP contribution in [0.3, 0.4) is 0 Å². The van der Waals surface area contributed by atoms with Crippen LogP contribution in [0.5, 0.6) is 0 Å². The highest BCUT2D eigenvalue weighted by Crippen LogP contribution is 2.17. The summed E-state index contributed by atoms with van der Waals surface area (Å²) in [5.74, 6) is 0.448. The summed E-state index contributed by atoms with van der Waals surface area (Å²) in [6.07, 6.45) is 0.514. The summed E-state index contributed by atoms with van der Waals surface area (Å²) in [7, 11) is 0. The number of carbonyl (C=O) groups excluding carboxylic acids is 1. The van der Waals surface area contributed by atoms with Crippen molar-refractivity contribution in [2.45, 2.75) is 47.1 Å². The second kappa shape index (κ2) is 8.21. The third-order valence-electron chi connectivity index (χ3n) is 4.65. The van der Waals surface area contributed by atoms with Crippen molar-refractivity contribution >= 4 is 11.6 Å². The van der Waals surface area contributed by atoms with E-state index < -0.39 is 0 Å². The Balaban J connectivity index is 1.68. The molecule has 0 spiro atoms. The van der Waals surface area contributed by atoms with Gasteiger partial charge < -0.3 is 14.4 Å². The topological polar surface area (TPSA) is 90.0 Å². The Morgan fingerprint density at radius 3 is 2.71 bits per heavy atom. The summed E-state index contributed by atoms with van der Waals surface area (Å²) in [6, 6.07) is 9.47. The Bertz CT molecular complexity index is 1070. The lowest BCUT2D eigenvalue weighted by Gasteiger charge is -2.08. The van der Waals surface area contributed by atoms with Gasteiger partial charge in [0.25, 0.3) is 5.56 Å². The van der Waals surface area contributed by atoms with Crippen molar-refractivity contribution < 1.29 is 9.32 Å². The van der Waals surface area contributed by atoms with Crippen molar-refractivity contribution in [1.29, 1.82) is 0 Å². The van der Waals surface area contributed by atoms with Crippen molar-refractivity contribution in [3.8, 4) is 11.4 Å². The van der Waals surface area contributed by atoms with Gasteiger partial charge in [-0.1, -0.05) is 17.3 Å². The van der Waals surface area contributed by atoms with Crippen LogP contribution in [-0.4, -0.2) is 20.6 Å². The van der Waals surface area contributed by atoms with E-state index in [4.69, 9.17) is 4.52 Å². The number of carbonyl (C=O) groups is 1. The van der Waals surface area contributed by atoms with E-state index >= 15 is 0 Å². The molecule has 0 fully saturated rings. The van der Waals surface area contributed by atoms with Gasteiger partial charge in [0.05, 0.1) is 5.56 Å². The number of aromatic nitrogens is 3. The van der Waals surface area contributed by atoms with Crippen LogP contribution in [0.2, 0.25) is 0 Å². The van der Waals surface area contributed by atoms with E-state index in [-0.39, 0.29) is 23.7 Å². The number of aryl methyl sites for hydroxylation is 4. The molecule has 0 unspecified atom stereocenters. The van der Waals surface area contributed by atoms with Crippen molar-refractivity contribution in [2.75, 3.05) is 5.32 Å². The van der Waals surface area contributed by atoms with Crippen molar-refractivity contribution in [3.63, 3.8) is 0 Å². The quantitative estimate of drug-likeness (QED) is 0.708. The Morgan fingerprint density at radius 1 is 1.18 bits per heavy atom. The fourth-order valence-corrected chi connectivity index (χ4v) is 3.00. The SMILES string of the molecule is CCn1c(C)ccc(-c2noc(CCC(=O)Nc3cc(C)ccc3C)n2)c1=O. The zero-order valence-corrected chi connectivity index (χ0v) is 16.6. The van der Waals surface area contributed by atoms with Crippen molar-refractivity contribution in [3.05, 3.63) is 63.4 Å². The highest BCUT2D eigenvalue weighted by Gasteiger charge is 2.15. The molecule has 7 heteroatoms. The second-order valence-electron chi connectivity index (χ2n) is 6.82. The van der Waals surface area contributed by atoms with Crippen LogP contribution in [0.15, 0.2) is 39.6 Å². The minimum atomic E-state index is -0.150. The predicted octanol–water partition coefficient (Wildman–Crippen LogP) is 3.41. The summed E-state index contributed by atoms with van der Waals surface area (Å²) in [4.78, 5) is 29.1. The molecule has 0 saturated heterocycles. The molecule has 0 bridgehead atoms. The van der Waals surface area contributed by atoms with Gasteiger partial charge in [-0.15, -0.1) is 0 Å². The Morgan fingerprint density at radius 2 is 1.96 bits per heavy atom. The van der Waals surface area contributed by atoms with Gasteiger partial charge in [0, 0.05) is 30.8 Å². The molecule has 0 saturated carbocycles. The minimum Gasteiger partial charge on any atom is -0.339 e. The number of anilines is 1. The van der Waals surface area contributed by atoms with Gasteiger partial charge in [0.2, 0.25) is 17.6 Å². The van der Waals surface area contributed by atoms with Crippen LogP contribution >= 0.6 is 0 Å². The maximum Gasteiger partial charge on any atom is 0.261 e. The number of nitrogens with zero attached hydrogens (tertiary/aromatic N) is 3. The predicted molar refractivity (Wildman–Crippen MR) is 107 cm³/mol. The molecule has 0 aliphatic heterocycles. The zero-order chi connectivity index (χ0) is 20.3. The average molecular weight is 380 g/mol. The Kier molecular flexibility index (Phi) is 5.73. The molecule has 0 aliphatic carbocycles. The van der Waals surface area contributed by atoms with Gasteiger partial charge in [-0.3, -0.25) is 9.59 Å². The first kappa shape index (κ1) is 19.5. The van der Waals surface area contributed by atoms with E-state index in [1.54, 1.807) is 10.6 Å². The van der Waals surface area contributed by atoms with E-state index in [0.717, 1.165) is 22.5 Å². The fourth-order valence-electron chi connectivity index (χ4n) is 3.00. The van der Waals surface area contributed by atoms with E-state index in [9.17, 15) is 9.59 Å². The van der Waals surface area contributed by atoms with Crippen LogP contribution in [0.4, 0.5) is 5.69 Å². The molecule has 0 radical (unpaired) electrons. The highest BCUT2D eigenvalue weighted by molar-refractivity contribution is 5.91. The Hall–Kier alpha value is -3.22. The van der Waals surface area contributed by atoms with Crippen LogP contribution in [-0.2, 0) is 17.8 Å². The smallest absolute Gasteiger partial charge is 0.261 e. The van der Waals surface area contributed by atoms with Gasteiger partial charge in [0.15, 0.2) is 0 Å². The van der Waals surface area contributed by atoms with Crippen molar-refractivity contribution in [2.24, 2.45) is 0 Å². The minimum absolute atomic E-state index is 0.128. The molecule has 3 aromatic rings. The molecule has 0 aliphatic rings. The molecule has 1 aromatic carbocycles. The normalized spacial score (nSPS) is 10.9. The summed E-state index contributed by atoms with van der Waals surface area (Å²) in [5.41, 5.74) is 4.01. The Labute approximate surface area is 163 Å². The lowest BCUT2D eigenvalue weighted by atomic mass is 10.1. The van der Waals surface area contributed by atoms with Crippen LogP contribution in [0.25, 0.3) is 11.4 Å². The van der Waals surface area contributed by atoms with Gasteiger partial charge >= 0.3 is 0 Å². The molecule has 2 heterocycles.